The maximum atomic E-state index is 5.45. The number of hydrogen-bond donors (Lipinski definition) is 1. The van der Waals surface area contributed by atoms with Crippen molar-refractivity contribution < 1.29 is 4.74 Å². The highest BCUT2D eigenvalue weighted by Crippen LogP contribution is 2.60. The Hall–Kier alpha value is -0.0400. The summed E-state index contributed by atoms with van der Waals surface area (Å²) in [6.07, 6.45) is 6.93. The molecule has 0 aromatic carbocycles. The number of ether oxygens (including phenoxy) is 1. The summed E-state index contributed by atoms with van der Waals surface area (Å²) in [6.45, 7) is 4.01. The van der Waals surface area contributed by atoms with Crippen molar-refractivity contribution in [1.29, 1.82) is 0 Å². The molecule has 1 unspecified atom stereocenters. The van der Waals surface area contributed by atoms with Crippen molar-refractivity contribution in [2.24, 2.45) is 22.2 Å². The number of rotatable bonds is 5. The normalized spacial score (nSPS) is 27.9. The first-order valence-corrected chi connectivity index (χ1v) is 7.73. The van der Waals surface area contributed by atoms with Crippen molar-refractivity contribution in [1.82, 2.24) is 10.2 Å². The largest absolute Gasteiger partial charge is 0.381 e. The number of nitrogens with zero attached hydrogens (tertiary/aromatic N) is 2. The highest BCUT2D eigenvalue weighted by Gasteiger charge is 2.53. The second-order valence-electron chi connectivity index (χ2n) is 6.65. The van der Waals surface area contributed by atoms with Crippen LogP contribution in [0.2, 0.25) is 0 Å². The number of aliphatic imine (C=N–C) groups is 1. The quantitative estimate of drug-likeness (QED) is 0.443. The molecule has 0 bridgehead atoms. The summed E-state index contributed by atoms with van der Waals surface area (Å²) < 4.78 is 5.45. The molecule has 0 aromatic heterocycles. The van der Waals surface area contributed by atoms with E-state index in [-0.39, 0.29) is 24.0 Å². The van der Waals surface area contributed by atoms with E-state index in [2.05, 4.69) is 22.3 Å². The van der Waals surface area contributed by atoms with E-state index < -0.39 is 0 Å². The first kappa shape index (κ1) is 16.3. The molecule has 3 rings (SSSR count). The summed E-state index contributed by atoms with van der Waals surface area (Å²) in [5, 5.41) is 3.60. The van der Waals surface area contributed by atoms with Gasteiger partial charge in [0.25, 0.3) is 0 Å². The summed E-state index contributed by atoms with van der Waals surface area (Å²) in [5.41, 5.74) is 0.632. The Kier molecular flexibility index (Phi) is 5.56. The van der Waals surface area contributed by atoms with Crippen LogP contribution >= 0.6 is 24.0 Å². The molecule has 1 saturated heterocycles. The number of nitrogens with one attached hydrogen (secondary N) is 1. The molecule has 2 aliphatic carbocycles. The van der Waals surface area contributed by atoms with E-state index in [1.165, 1.54) is 32.1 Å². The SMILES string of the molecule is CN=C(NCC1(C2CC2)CC1)N(C)CC1CCOC1.I. The van der Waals surface area contributed by atoms with Gasteiger partial charge in [-0.15, -0.1) is 24.0 Å². The minimum absolute atomic E-state index is 0. The molecule has 0 radical (unpaired) electrons. The molecule has 5 heteroatoms. The first-order valence-electron chi connectivity index (χ1n) is 7.73. The fourth-order valence-corrected chi connectivity index (χ4v) is 3.43. The van der Waals surface area contributed by atoms with Crippen molar-refractivity contribution in [2.75, 3.05) is 40.4 Å². The molecule has 1 N–H and O–H groups in total. The fraction of sp³-hybridized carbons (Fsp3) is 0.933. The summed E-state index contributed by atoms with van der Waals surface area (Å²) in [4.78, 5) is 6.70. The topological polar surface area (TPSA) is 36.9 Å². The van der Waals surface area contributed by atoms with Crippen LogP contribution in [0.3, 0.4) is 0 Å². The van der Waals surface area contributed by atoms with E-state index in [0.717, 1.165) is 38.2 Å². The molecule has 0 spiro atoms. The molecule has 0 aromatic rings. The third kappa shape index (κ3) is 3.78. The second kappa shape index (κ2) is 6.81. The Balaban J connectivity index is 0.00000147. The third-order valence-corrected chi connectivity index (χ3v) is 5.06. The lowest BCUT2D eigenvalue weighted by Crippen LogP contribution is -2.43. The Morgan fingerprint density at radius 2 is 2.10 bits per heavy atom. The van der Waals surface area contributed by atoms with E-state index in [1.807, 2.05) is 7.05 Å². The van der Waals surface area contributed by atoms with E-state index >= 15 is 0 Å². The van der Waals surface area contributed by atoms with Crippen molar-refractivity contribution in [3.8, 4) is 0 Å². The van der Waals surface area contributed by atoms with Gasteiger partial charge in [0.05, 0.1) is 6.61 Å². The Morgan fingerprint density at radius 3 is 2.60 bits per heavy atom. The van der Waals surface area contributed by atoms with Crippen LogP contribution in [0.1, 0.15) is 32.1 Å². The lowest BCUT2D eigenvalue weighted by molar-refractivity contribution is 0.181. The van der Waals surface area contributed by atoms with Gasteiger partial charge in [-0.2, -0.15) is 0 Å². The van der Waals surface area contributed by atoms with Gasteiger partial charge in [-0.3, -0.25) is 4.99 Å². The summed E-state index contributed by atoms with van der Waals surface area (Å²) in [5.74, 6) is 2.73. The van der Waals surface area contributed by atoms with Crippen molar-refractivity contribution in [2.45, 2.75) is 32.1 Å². The van der Waals surface area contributed by atoms with Crippen molar-refractivity contribution >= 4 is 29.9 Å². The smallest absolute Gasteiger partial charge is 0.193 e. The van der Waals surface area contributed by atoms with Crippen LogP contribution in [0.25, 0.3) is 0 Å². The van der Waals surface area contributed by atoms with E-state index in [4.69, 9.17) is 4.74 Å². The molecule has 3 aliphatic rings. The van der Waals surface area contributed by atoms with Gasteiger partial charge in [0.2, 0.25) is 0 Å². The van der Waals surface area contributed by atoms with Gasteiger partial charge >= 0.3 is 0 Å². The van der Waals surface area contributed by atoms with Crippen LogP contribution in [0.5, 0.6) is 0 Å². The lowest BCUT2D eigenvalue weighted by atomic mass is 10.0. The molecule has 1 heterocycles. The summed E-state index contributed by atoms with van der Waals surface area (Å²) >= 11 is 0. The molecule has 3 fully saturated rings. The third-order valence-electron chi connectivity index (χ3n) is 5.06. The average molecular weight is 393 g/mol. The highest BCUT2D eigenvalue weighted by atomic mass is 127. The molecule has 116 valence electrons. The Morgan fingerprint density at radius 1 is 1.35 bits per heavy atom. The number of guanidine groups is 1. The van der Waals surface area contributed by atoms with Gasteiger partial charge in [-0.1, -0.05) is 0 Å². The molecule has 4 nitrogen and oxygen atoms in total. The number of halogens is 1. The molecule has 1 atom stereocenters. The maximum Gasteiger partial charge on any atom is 0.193 e. The zero-order chi connectivity index (χ0) is 13.3. The highest BCUT2D eigenvalue weighted by molar-refractivity contribution is 14.0. The van der Waals surface area contributed by atoms with Gasteiger partial charge in [0.1, 0.15) is 0 Å². The second-order valence-corrected chi connectivity index (χ2v) is 6.65. The molecular formula is C15H28IN3O. The fourth-order valence-electron chi connectivity index (χ4n) is 3.43. The number of hydrogen-bond acceptors (Lipinski definition) is 2. The Bertz CT molecular complexity index is 347. The maximum absolute atomic E-state index is 5.45. The van der Waals surface area contributed by atoms with Gasteiger partial charge in [-0.05, 0) is 43.4 Å². The van der Waals surface area contributed by atoms with Gasteiger partial charge < -0.3 is 15.0 Å². The summed E-state index contributed by atoms with van der Waals surface area (Å²) in [6, 6.07) is 0. The zero-order valence-corrected chi connectivity index (χ0v) is 15.1. The van der Waals surface area contributed by atoms with Crippen LogP contribution in [0, 0.1) is 17.3 Å². The van der Waals surface area contributed by atoms with Crippen molar-refractivity contribution in [3.05, 3.63) is 0 Å². The van der Waals surface area contributed by atoms with E-state index in [1.54, 1.807) is 0 Å². The van der Waals surface area contributed by atoms with Gasteiger partial charge in [0.15, 0.2) is 5.96 Å². The lowest BCUT2D eigenvalue weighted by Gasteiger charge is -2.26. The van der Waals surface area contributed by atoms with Crippen LogP contribution < -0.4 is 5.32 Å². The van der Waals surface area contributed by atoms with Gasteiger partial charge in [-0.25, -0.2) is 0 Å². The standard InChI is InChI=1S/C15H27N3O.HI/c1-16-14(18(2)9-12-5-8-19-10-12)17-11-15(6-7-15)13-3-4-13;/h12-13H,3-11H2,1-2H3,(H,16,17);1H. The van der Waals surface area contributed by atoms with Crippen LogP contribution in [0.15, 0.2) is 4.99 Å². The molecule has 20 heavy (non-hydrogen) atoms. The zero-order valence-electron chi connectivity index (χ0n) is 12.7. The predicted octanol–water partition coefficient (Wildman–Crippen LogP) is 2.34. The van der Waals surface area contributed by atoms with Gasteiger partial charge in [0, 0.05) is 39.7 Å². The predicted molar refractivity (Wildman–Crippen MR) is 92.7 cm³/mol. The van der Waals surface area contributed by atoms with Crippen molar-refractivity contribution in [3.63, 3.8) is 0 Å². The first-order chi connectivity index (χ1) is 9.23. The minimum Gasteiger partial charge on any atom is -0.381 e. The molecule has 2 saturated carbocycles. The van der Waals surface area contributed by atoms with Crippen LogP contribution in [-0.4, -0.2) is 51.3 Å². The van der Waals surface area contributed by atoms with E-state index in [9.17, 15) is 0 Å². The molecule has 1 aliphatic heterocycles. The van der Waals surface area contributed by atoms with Crippen LogP contribution in [0.4, 0.5) is 0 Å². The molecular weight excluding hydrogens is 365 g/mol. The molecule has 0 amide bonds. The minimum atomic E-state index is 0. The van der Waals surface area contributed by atoms with Crippen LogP contribution in [-0.2, 0) is 4.74 Å². The average Bonchev–Trinajstić information content (AvgIpc) is 3.30. The summed E-state index contributed by atoms with van der Waals surface area (Å²) in [7, 11) is 4.03. The Labute approximate surface area is 139 Å². The van der Waals surface area contributed by atoms with E-state index in [0.29, 0.717) is 11.3 Å². The monoisotopic (exact) mass is 393 g/mol.